The highest BCUT2D eigenvalue weighted by Gasteiger charge is 2.31. The van der Waals surface area contributed by atoms with Crippen molar-refractivity contribution in [2.75, 3.05) is 0 Å². The summed E-state index contributed by atoms with van der Waals surface area (Å²) in [5, 5.41) is 3.43. The smallest absolute Gasteiger partial charge is 0.130 e. The second kappa shape index (κ2) is 5.35. The van der Waals surface area contributed by atoms with E-state index in [1.165, 1.54) is 31.4 Å². The second-order valence-corrected chi connectivity index (χ2v) is 5.90. The largest absolute Gasteiger partial charge is 0.309 e. The maximum atomic E-state index is 13.5. The van der Waals surface area contributed by atoms with Crippen LogP contribution in [0.3, 0.4) is 0 Å². The first-order valence-corrected chi connectivity index (χ1v) is 6.66. The summed E-state index contributed by atoms with van der Waals surface area (Å²) in [6.07, 6.45) is 4.84. The molecule has 0 radical (unpaired) electrons. The minimum atomic E-state index is -0.519. The molecule has 0 heterocycles. The molecular weight excluding hydrogens is 232 g/mol. The molecule has 0 aromatic heterocycles. The Morgan fingerprint density at radius 3 is 2.72 bits per heavy atom. The number of hydrogen-bond acceptors (Lipinski definition) is 1. The SMILES string of the molecule is CC1(C)CCCCC1NCc1ccc(F)cc1F. The molecule has 1 aromatic rings. The standard InChI is InChI=1S/C15H21F2N/c1-15(2)8-4-3-5-14(15)18-10-11-6-7-12(16)9-13(11)17/h6-7,9,14,18H,3-5,8,10H2,1-2H3. The minimum Gasteiger partial charge on any atom is -0.309 e. The Bertz CT molecular complexity index is 415. The van der Waals surface area contributed by atoms with Gasteiger partial charge in [-0.2, -0.15) is 0 Å². The van der Waals surface area contributed by atoms with Gasteiger partial charge in [-0.1, -0.05) is 32.8 Å². The van der Waals surface area contributed by atoms with Crippen LogP contribution in [-0.4, -0.2) is 6.04 Å². The lowest BCUT2D eigenvalue weighted by Gasteiger charge is -2.39. The highest BCUT2D eigenvalue weighted by atomic mass is 19.1. The normalized spacial score (nSPS) is 23.0. The van der Waals surface area contributed by atoms with E-state index in [0.717, 1.165) is 12.5 Å². The Kier molecular flexibility index (Phi) is 4.00. The summed E-state index contributed by atoms with van der Waals surface area (Å²) < 4.78 is 26.3. The quantitative estimate of drug-likeness (QED) is 0.857. The van der Waals surface area contributed by atoms with E-state index in [-0.39, 0.29) is 5.41 Å². The van der Waals surface area contributed by atoms with E-state index < -0.39 is 11.6 Å². The number of halogens is 2. The molecule has 1 nitrogen and oxygen atoms in total. The van der Waals surface area contributed by atoms with Gasteiger partial charge in [-0.3, -0.25) is 0 Å². The van der Waals surface area contributed by atoms with E-state index in [2.05, 4.69) is 19.2 Å². The molecule has 0 spiro atoms. The van der Waals surface area contributed by atoms with E-state index in [0.29, 0.717) is 18.2 Å². The zero-order valence-corrected chi connectivity index (χ0v) is 11.1. The van der Waals surface area contributed by atoms with E-state index in [4.69, 9.17) is 0 Å². The molecule has 1 N–H and O–H groups in total. The molecule has 0 amide bonds. The highest BCUT2D eigenvalue weighted by Crippen LogP contribution is 2.35. The first kappa shape index (κ1) is 13.5. The molecule has 2 rings (SSSR count). The predicted octanol–water partition coefficient (Wildman–Crippen LogP) is 4.02. The van der Waals surface area contributed by atoms with E-state index in [1.54, 1.807) is 0 Å². The first-order chi connectivity index (χ1) is 8.49. The highest BCUT2D eigenvalue weighted by molar-refractivity contribution is 5.18. The number of benzene rings is 1. The van der Waals surface area contributed by atoms with Crippen molar-refractivity contribution in [3.8, 4) is 0 Å². The fraction of sp³-hybridized carbons (Fsp3) is 0.600. The van der Waals surface area contributed by atoms with Crippen LogP contribution in [-0.2, 0) is 6.54 Å². The van der Waals surface area contributed by atoms with Gasteiger partial charge in [0.2, 0.25) is 0 Å². The maximum Gasteiger partial charge on any atom is 0.130 e. The van der Waals surface area contributed by atoms with Crippen LogP contribution < -0.4 is 5.32 Å². The summed E-state index contributed by atoms with van der Waals surface area (Å²) in [4.78, 5) is 0. The lowest BCUT2D eigenvalue weighted by Crippen LogP contribution is -2.43. The maximum absolute atomic E-state index is 13.5. The first-order valence-electron chi connectivity index (χ1n) is 6.66. The van der Waals surface area contributed by atoms with E-state index in [1.807, 2.05) is 0 Å². The molecule has 1 unspecified atom stereocenters. The lowest BCUT2D eigenvalue weighted by molar-refractivity contribution is 0.166. The molecule has 3 heteroatoms. The third kappa shape index (κ3) is 3.08. The topological polar surface area (TPSA) is 12.0 Å². The molecule has 1 fully saturated rings. The molecule has 1 aliphatic carbocycles. The zero-order chi connectivity index (χ0) is 13.2. The van der Waals surface area contributed by atoms with Gasteiger partial charge in [-0.15, -0.1) is 0 Å². The van der Waals surface area contributed by atoms with Crippen LogP contribution in [0.15, 0.2) is 18.2 Å². The zero-order valence-electron chi connectivity index (χ0n) is 11.1. The van der Waals surface area contributed by atoms with Crippen molar-refractivity contribution in [2.24, 2.45) is 5.41 Å². The van der Waals surface area contributed by atoms with Crippen molar-refractivity contribution < 1.29 is 8.78 Å². The van der Waals surface area contributed by atoms with Crippen LogP contribution in [0.25, 0.3) is 0 Å². The van der Waals surface area contributed by atoms with Crippen molar-refractivity contribution in [1.29, 1.82) is 0 Å². The van der Waals surface area contributed by atoms with Crippen LogP contribution in [0.2, 0.25) is 0 Å². The van der Waals surface area contributed by atoms with E-state index >= 15 is 0 Å². The van der Waals surface area contributed by atoms with Crippen molar-refractivity contribution in [2.45, 2.75) is 52.1 Å². The molecule has 0 bridgehead atoms. The molecule has 1 aliphatic rings. The lowest BCUT2D eigenvalue weighted by atomic mass is 9.73. The van der Waals surface area contributed by atoms with Gasteiger partial charge >= 0.3 is 0 Å². The Balaban J connectivity index is 1.98. The summed E-state index contributed by atoms with van der Waals surface area (Å²) in [5.41, 5.74) is 0.798. The van der Waals surface area contributed by atoms with Crippen molar-refractivity contribution >= 4 is 0 Å². The third-order valence-electron chi connectivity index (χ3n) is 4.06. The van der Waals surface area contributed by atoms with Gasteiger partial charge in [0.1, 0.15) is 11.6 Å². The summed E-state index contributed by atoms with van der Waals surface area (Å²) in [6.45, 7) is 4.98. The van der Waals surface area contributed by atoms with Crippen LogP contribution in [0, 0.1) is 17.0 Å². The van der Waals surface area contributed by atoms with Gasteiger partial charge in [0.05, 0.1) is 0 Å². The molecule has 0 aliphatic heterocycles. The number of nitrogens with one attached hydrogen (secondary N) is 1. The van der Waals surface area contributed by atoms with Gasteiger partial charge in [0.15, 0.2) is 0 Å². The van der Waals surface area contributed by atoms with Crippen molar-refractivity contribution in [3.05, 3.63) is 35.4 Å². The molecule has 0 saturated heterocycles. The van der Waals surface area contributed by atoms with Crippen molar-refractivity contribution in [1.82, 2.24) is 5.32 Å². The van der Waals surface area contributed by atoms with Crippen LogP contribution in [0.4, 0.5) is 8.78 Å². The average Bonchev–Trinajstić information content (AvgIpc) is 2.29. The van der Waals surface area contributed by atoms with Gasteiger partial charge in [-0.05, 0) is 24.3 Å². The average molecular weight is 253 g/mol. The Morgan fingerprint density at radius 1 is 1.28 bits per heavy atom. The predicted molar refractivity (Wildman–Crippen MR) is 69.2 cm³/mol. The fourth-order valence-electron chi connectivity index (χ4n) is 2.77. The minimum absolute atomic E-state index is 0.259. The third-order valence-corrected chi connectivity index (χ3v) is 4.06. The molecule has 18 heavy (non-hydrogen) atoms. The van der Waals surface area contributed by atoms with Gasteiger partial charge in [-0.25, -0.2) is 8.78 Å². The molecule has 100 valence electrons. The molecular formula is C15H21F2N. The fourth-order valence-corrected chi connectivity index (χ4v) is 2.77. The van der Waals surface area contributed by atoms with Crippen LogP contribution >= 0.6 is 0 Å². The van der Waals surface area contributed by atoms with Gasteiger partial charge in [0, 0.05) is 24.2 Å². The van der Waals surface area contributed by atoms with E-state index in [9.17, 15) is 8.78 Å². The molecule has 1 saturated carbocycles. The Hall–Kier alpha value is -0.960. The summed E-state index contributed by atoms with van der Waals surface area (Å²) in [6, 6.07) is 4.19. The summed E-state index contributed by atoms with van der Waals surface area (Å²) in [7, 11) is 0. The van der Waals surface area contributed by atoms with Crippen LogP contribution in [0.1, 0.15) is 45.1 Å². The molecule has 1 aromatic carbocycles. The van der Waals surface area contributed by atoms with Gasteiger partial charge < -0.3 is 5.32 Å². The van der Waals surface area contributed by atoms with Crippen LogP contribution in [0.5, 0.6) is 0 Å². The second-order valence-electron chi connectivity index (χ2n) is 5.90. The number of hydrogen-bond donors (Lipinski definition) is 1. The Morgan fingerprint density at radius 2 is 2.06 bits per heavy atom. The van der Waals surface area contributed by atoms with Crippen molar-refractivity contribution in [3.63, 3.8) is 0 Å². The Labute approximate surface area is 108 Å². The summed E-state index contributed by atoms with van der Waals surface area (Å²) >= 11 is 0. The summed E-state index contributed by atoms with van der Waals surface area (Å²) in [5.74, 6) is -0.981. The van der Waals surface area contributed by atoms with Gasteiger partial charge in [0.25, 0.3) is 0 Å². The number of rotatable bonds is 3. The molecule has 1 atom stereocenters. The monoisotopic (exact) mass is 253 g/mol.